The van der Waals surface area contributed by atoms with Crippen LogP contribution in [0.5, 0.6) is 0 Å². The second-order valence-corrected chi connectivity index (χ2v) is 4.41. The monoisotopic (exact) mass is 303 g/mol. The molecule has 0 saturated heterocycles. The first-order valence-corrected chi connectivity index (χ1v) is 5.63. The minimum Gasteiger partial charge on any atom is -0.481 e. The first-order chi connectivity index (χ1) is 7.91. The van der Waals surface area contributed by atoms with Crippen molar-refractivity contribution < 1.29 is 19.1 Å². The van der Waals surface area contributed by atoms with Crippen molar-refractivity contribution in [2.45, 2.75) is 6.42 Å². The lowest BCUT2D eigenvalue weighted by atomic mass is 10.2. The highest BCUT2D eigenvalue weighted by atomic mass is 79.9. The number of hydrogen-bond acceptors (Lipinski definition) is 2. The third-order valence-corrected chi connectivity index (χ3v) is 2.66. The van der Waals surface area contributed by atoms with Crippen LogP contribution in [-0.4, -0.2) is 35.5 Å². The van der Waals surface area contributed by atoms with E-state index in [2.05, 4.69) is 15.9 Å². The first kappa shape index (κ1) is 13.6. The summed E-state index contributed by atoms with van der Waals surface area (Å²) in [6.07, 6.45) is -0.169. The fourth-order valence-corrected chi connectivity index (χ4v) is 1.59. The molecule has 0 radical (unpaired) electrons. The van der Waals surface area contributed by atoms with Crippen molar-refractivity contribution in [1.82, 2.24) is 4.90 Å². The van der Waals surface area contributed by atoms with Gasteiger partial charge in [-0.1, -0.05) is 15.9 Å². The van der Waals surface area contributed by atoms with E-state index >= 15 is 0 Å². The van der Waals surface area contributed by atoms with Crippen molar-refractivity contribution in [3.63, 3.8) is 0 Å². The number of aliphatic carboxylic acids is 1. The average Bonchev–Trinajstić information content (AvgIpc) is 2.28. The second kappa shape index (κ2) is 5.77. The Morgan fingerprint density at radius 3 is 2.71 bits per heavy atom. The van der Waals surface area contributed by atoms with Gasteiger partial charge in [-0.25, -0.2) is 4.39 Å². The predicted octanol–water partition coefficient (Wildman–Crippen LogP) is 2.13. The van der Waals surface area contributed by atoms with E-state index in [1.165, 1.54) is 30.1 Å². The summed E-state index contributed by atoms with van der Waals surface area (Å²) in [5, 5.41) is 8.49. The summed E-state index contributed by atoms with van der Waals surface area (Å²) in [5.74, 6) is -2.16. The molecular weight excluding hydrogens is 293 g/mol. The van der Waals surface area contributed by atoms with Crippen LogP contribution in [0.4, 0.5) is 4.39 Å². The Hall–Kier alpha value is -1.43. The SMILES string of the molecule is CN(CCC(=O)O)C(=O)c1cc(Br)ccc1F. The van der Waals surface area contributed by atoms with Gasteiger partial charge < -0.3 is 10.0 Å². The summed E-state index contributed by atoms with van der Waals surface area (Å²) in [7, 11) is 1.44. The van der Waals surface area contributed by atoms with Crippen LogP contribution in [-0.2, 0) is 4.79 Å². The van der Waals surface area contributed by atoms with Crippen LogP contribution in [0.15, 0.2) is 22.7 Å². The third-order valence-electron chi connectivity index (χ3n) is 2.17. The van der Waals surface area contributed by atoms with Gasteiger partial charge in [0, 0.05) is 18.1 Å². The zero-order valence-electron chi connectivity index (χ0n) is 9.11. The Balaban J connectivity index is 2.81. The van der Waals surface area contributed by atoms with Gasteiger partial charge in [-0.3, -0.25) is 9.59 Å². The van der Waals surface area contributed by atoms with Crippen molar-refractivity contribution >= 4 is 27.8 Å². The summed E-state index contributed by atoms with van der Waals surface area (Å²) in [6.45, 7) is 0.0418. The van der Waals surface area contributed by atoms with Gasteiger partial charge in [0.2, 0.25) is 0 Å². The van der Waals surface area contributed by atoms with Crippen LogP contribution in [0.1, 0.15) is 16.8 Å². The average molecular weight is 304 g/mol. The standard InChI is InChI=1S/C11H11BrFNO3/c1-14(5-4-10(15)16)11(17)8-6-7(12)2-3-9(8)13/h2-3,6H,4-5H2,1H3,(H,15,16). The van der Waals surface area contributed by atoms with E-state index in [-0.39, 0.29) is 18.5 Å². The van der Waals surface area contributed by atoms with Crippen LogP contribution in [0.25, 0.3) is 0 Å². The Bertz CT molecular complexity index is 450. The van der Waals surface area contributed by atoms with Gasteiger partial charge in [0.05, 0.1) is 12.0 Å². The first-order valence-electron chi connectivity index (χ1n) is 4.84. The van der Waals surface area contributed by atoms with E-state index in [1.807, 2.05) is 0 Å². The molecule has 0 fully saturated rings. The number of hydrogen-bond donors (Lipinski definition) is 1. The van der Waals surface area contributed by atoms with E-state index in [1.54, 1.807) is 0 Å². The number of halogens is 2. The normalized spacial score (nSPS) is 10.1. The lowest BCUT2D eigenvalue weighted by molar-refractivity contribution is -0.137. The summed E-state index contributed by atoms with van der Waals surface area (Å²) < 4.78 is 14.0. The molecular formula is C11H11BrFNO3. The lowest BCUT2D eigenvalue weighted by Gasteiger charge is -2.16. The fraction of sp³-hybridized carbons (Fsp3) is 0.273. The Kier molecular flexibility index (Phi) is 4.62. The van der Waals surface area contributed by atoms with E-state index in [0.717, 1.165) is 0 Å². The lowest BCUT2D eigenvalue weighted by Crippen LogP contribution is -2.29. The van der Waals surface area contributed by atoms with Crippen LogP contribution in [0.3, 0.4) is 0 Å². The number of rotatable bonds is 4. The van der Waals surface area contributed by atoms with Gasteiger partial charge >= 0.3 is 5.97 Å². The van der Waals surface area contributed by atoms with Crippen LogP contribution in [0.2, 0.25) is 0 Å². The van der Waals surface area contributed by atoms with Crippen molar-refractivity contribution in [1.29, 1.82) is 0 Å². The van der Waals surface area contributed by atoms with Gasteiger partial charge in [0.15, 0.2) is 0 Å². The topological polar surface area (TPSA) is 57.6 Å². The number of carboxylic acid groups (broad SMARTS) is 1. The number of amides is 1. The van der Waals surface area contributed by atoms with Crippen molar-refractivity contribution in [3.8, 4) is 0 Å². The number of carboxylic acids is 1. The van der Waals surface area contributed by atoms with E-state index in [0.29, 0.717) is 4.47 Å². The molecule has 1 aromatic carbocycles. The summed E-state index contributed by atoms with van der Waals surface area (Å²) in [6, 6.07) is 4.04. The number of nitrogens with zero attached hydrogens (tertiary/aromatic N) is 1. The maximum absolute atomic E-state index is 13.4. The van der Waals surface area contributed by atoms with E-state index in [4.69, 9.17) is 5.11 Å². The molecule has 17 heavy (non-hydrogen) atoms. The molecule has 0 aromatic heterocycles. The molecule has 1 N–H and O–H groups in total. The third kappa shape index (κ3) is 3.81. The molecule has 0 heterocycles. The molecule has 6 heteroatoms. The Labute approximate surface area is 106 Å². The molecule has 1 amide bonds. The zero-order valence-corrected chi connectivity index (χ0v) is 10.7. The molecule has 0 unspecified atom stereocenters. The highest BCUT2D eigenvalue weighted by Crippen LogP contribution is 2.16. The summed E-state index contributed by atoms with van der Waals surface area (Å²) >= 11 is 3.14. The molecule has 0 aliphatic carbocycles. The molecule has 0 bridgehead atoms. The van der Waals surface area contributed by atoms with Gasteiger partial charge in [-0.15, -0.1) is 0 Å². The van der Waals surface area contributed by atoms with Gasteiger partial charge in [-0.2, -0.15) is 0 Å². The minimum absolute atomic E-state index is 0.0418. The molecule has 1 rings (SSSR count). The van der Waals surface area contributed by atoms with Crippen molar-refractivity contribution in [2.24, 2.45) is 0 Å². The Morgan fingerprint density at radius 2 is 2.12 bits per heavy atom. The fourth-order valence-electron chi connectivity index (χ4n) is 1.23. The van der Waals surface area contributed by atoms with Gasteiger partial charge in [-0.05, 0) is 18.2 Å². The van der Waals surface area contributed by atoms with E-state index < -0.39 is 17.7 Å². The minimum atomic E-state index is -1.00. The maximum atomic E-state index is 13.4. The molecule has 92 valence electrons. The molecule has 0 aliphatic rings. The number of carbonyl (C=O) groups excluding carboxylic acids is 1. The predicted molar refractivity (Wildman–Crippen MR) is 63.3 cm³/mol. The Morgan fingerprint density at radius 1 is 1.47 bits per heavy atom. The summed E-state index contributed by atoms with van der Waals surface area (Å²) in [5.41, 5.74) is -0.0766. The van der Waals surface area contributed by atoms with Crippen LogP contribution in [0, 0.1) is 5.82 Å². The molecule has 1 aromatic rings. The second-order valence-electron chi connectivity index (χ2n) is 3.49. The van der Waals surface area contributed by atoms with Gasteiger partial charge in [0.1, 0.15) is 5.82 Å². The van der Waals surface area contributed by atoms with Crippen molar-refractivity contribution in [2.75, 3.05) is 13.6 Å². The quantitative estimate of drug-likeness (QED) is 0.927. The van der Waals surface area contributed by atoms with Crippen LogP contribution >= 0.6 is 15.9 Å². The van der Waals surface area contributed by atoms with Crippen LogP contribution < -0.4 is 0 Å². The molecule has 4 nitrogen and oxygen atoms in total. The number of carbonyl (C=O) groups is 2. The smallest absolute Gasteiger partial charge is 0.305 e. The largest absolute Gasteiger partial charge is 0.481 e. The highest BCUT2D eigenvalue weighted by Gasteiger charge is 2.17. The van der Waals surface area contributed by atoms with Crippen molar-refractivity contribution in [3.05, 3.63) is 34.1 Å². The summed E-state index contributed by atoms with van der Waals surface area (Å²) in [4.78, 5) is 23.3. The molecule has 0 aliphatic heterocycles. The molecule has 0 saturated carbocycles. The van der Waals surface area contributed by atoms with Gasteiger partial charge in [0.25, 0.3) is 5.91 Å². The maximum Gasteiger partial charge on any atom is 0.305 e. The zero-order chi connectivity index (χ0) is 13.0. The molecule has 0 spiro atoms. The molecule has 0 atom stereocenters. The van der Waals surface area contributed by atoms with E-state index in [9.17, 15) is 14.0 Å². The highest BCUT2D eigenvalue weighted by molar-refractivity contribution is 9.10. The number of benzene rings is 1.